The van der Waals surface area contributed by atoms with Gasteiger partial charge in [-0.05, 0) is 24.6 Å². The van der Waals surface area contributed by atoms with E-state index in [1.165, 1.54) is 11.3 Å². The van der Waals surface area contributed by atoms with E-state index in [1.807, 2.05) is 24.3 Å². The summed E-state index contributed by atoms with van der Waals surface area (Å²) in [5, 5.41) is 17.6. The van der Waals surface area contributed by atoms with Crippen LogP contribution in [0.5, 0.6) is 5.75 Å². The van der Waals surface area contributed by atoms with Crippen LogP contribution in [0, 0.1) is 11.3 Å². The largest absolute Gasteiger partial charge is 0.493 e. The maximum Gasteiger partial charge on any atom is 0.195 e. The van der Waals surface area contributed by atoms with Gasteiger partial charge in [0.15, 0.2) is 5.01 Å². The average molecular weight is 249 g/mol. The molecule has 1 aromatic carbocycles. The number of rotatable bonds is 5. The third kappa shape index (κ3) is 2.91. The molecule has 0 unspecified atom stereocenters. The van der Waals surface area contributed by atoms with Crippen LogP contribution in [0.1, 0.15) is 11.4 Å². The lowest BCUT2D eigenvalue weighted by Gasteiger charge is -2.04. The van der Waals surface area contributed by atoms with E-state index < -0.39 is 0 Å². The SMILES string of the molecule is N#Cc1nc2ccc(OCCCNO)cc2s1. The predicted octanol–water partition coefficient (Wildman–Crippen LogP) is 1.92. The van der Waals surface area contributed by atoms with E-state index in [0.717, 1.165) is 22.4 Å². The zero-order chi connectivity index (χ0) is 12.1. The van der Waals surface area contributed by atoms with Crippen LogP contribution in [0.4, 0.5) is 0 Å². The fourth-order valence-corrected chi connectivity index (χ4v) is 2.18. The normalized spacial score (nSPS) is 10.4. The van der Waals surface area contributed by atoms with Gasteiger partial charge in [-0.3, -0.25) is 0 Å². The van der Waals surface area contributed by atoms with E-state index >= 15 is 0 Å². The van der Waals surface area contributed by atoms with E-state index in [4.69, 9.17) is 15.2 Å². The summed E-state index contributed by atoms with van der Waals surface area (Å²) < 4.78 is 6.45. The van der Waals surface area contributed by atoms with Crippen molar-refractivity contribution in [1.82, 2.24) is 10.5 Å². The van der Waals surface area contributed by atoms with Crippen LogP contribution < -0.4 is 10.2 Å². The van der Waals surface area contributed by atoms with Crippen LogP contribution in [-0.4, -0.2) is 23.3 Å². The Bertz CT molecular complexity index is 547. The highest BCUT2D eigenvalue weighted by atomic mass is 32.1. The van der Waals surface area contributed by atoms with Crippen molar-refractivity contribution in [3.8, 4) is 11.8 Å². The van der Waals surface area contributed by atoms with Crippen LogP contribution in [0.25, 0.3) is 10.2 Å². The molecule has 5 nitrogen and oxygen atoms in total. The molecule has 0 aliphatic heterocycles. The summed E-state index contributed by atoms with van der Waals surface area (Å²) in [5.41, 5.74) is 2.89. The molecule has 0 aliphatic rings. The number of ether oxygens (including phenoxy) is 1. The maximum atomic E-state index is 8.74. The predicted molar refractivity (Wildman–Crippen MR) is 64.2 cm³/mol. The highest BCUT2D eigenvalue weighted by Crippen LogP contribution is 2.25. The number of aromatic nitrogens is 1. The fourth-order valence-electron chi connectivity index (χ4n) is 1.38. The molecule has 2 rings (SSSR count). The molecule has 0 bridgehead atoms. The second kappa shape index (κ2) is 5.59. The highest BCUT2D eigenvalue weighted by molar-refractivity contribution is 7.19. The van der Waals surface area contributed by atoms with Crippen molar-refractivity contribution in [3.63, 3.8) is 0 Å². The summed E-state index contributed by atoms with van der Waals surface area (Å²) in [4.78, 5) is 4.14. The molecule has 0 aliphatic carbocycles. The minimum atomic E-state index is 0.460. The lowest BCUT2D eigenvalue weighted by Crippen LogP contribution is -2.12. The Labute approximate surface area is 102 Å². The fraction of sp³-hybridized carbons (Fsp3) is 0.273. The Morgan fingerprint density at radius 2 is 2.41 bits per heavy atom. The van der Waals surface area contributed by atoms with E-state index in [2.05, 4.69) is 10.5 Å². The summed E-state index contributed by atoms with van der Waals surface area (Å²) in [6.07, 6.45) is 0.723. The van der Waals surface area contributed by atoms with Crippen molar-refractivity contribution in [3.05, 3.63) is 23.2 Å². The highest BCUT2D eigenvalue weighted by Gasteiger charge is 2.04. The van der Waals surface area contributed by atoms with Gasteiger partial charge < -0.3 is 9.94 Å². The molecule has 0 radical (unpaired) electrons. The number of hydroxylamine groups is 1. The first-order valence-electron chi connectivity index (χ1n) is 5.14. The van der Waals surface area contributed by atoms with Gasteiger partial charge in [-0.1, -0.05) is 0 Å². The molecule has 1 aromatic heterocycles. The van der Waals surface area contributed by atoms with Crippen LogP contribution in [-0.2, 0) is 0 Å². The summed E-state index contributed by atoms with van der Waals surface area (Å²) in [6.45, 7) is 1.03. The molecule has 1 heterocycles. The van der Waals surface area contributed by atoms with Gasteiger partial charge in [-0.15, -0.1) is 11.3 Å². The third-order valence-electron chi connectivity index (χ3n) is 2.16. The monoisotopic (exact) mass is 249 g/mol. The molecule has 0 saturated carbocycles. The van der Waals surface area contributed by atoms with Crippen molar-refractivity contribution in [2.45, 2.75) is 6.42 Å². The van der Waals surface area contributed by atoms with Crippen molar-refractivity contribution in [1.29, 1.82) is 5.26 Å². The topological polar surface area (TPSA) is 78.2 Å². The maximum absolute atomic E-state index is 8.74. The van der Waals surface area contributed by atoms with Crippen molar-refractivity contribution < 1.29 is 9.94 Å². The van der Waals surface area contributed by atoms with Crippen LogP contribution in [0.3, 0.4) is 0 Å². The van der Waals surface area contributed by atoms with Gasteiger partial charge in [-0.2, -0.15) is 5.26 Å². The summed E-state index contributed by atoms with van der Waals surface area (Å²) in [6, 6.07) is 7.57. The molecule has 0 saturated heterocycles. The molecule has 0 atom stereocenters. The number of fused-ring (bicyclic) bond motifs is 1. The first kappa shape index (κ1) is 11.8. The van der Waals surface area contributed by atoms with Gasteiger partial charge in [0, 0.05) is 6.54 Å². The minimum Gasteiger partial charge on any atom is -0.493 e. The lowest BCUT2D eigenvalue weighted by atomic mass is 10.3. The summed E-state index contributed by atoms with van der Waals surface area (Å²) >= 11 is 1.35. The van der Waals surface area contributed by atoms with E-state index in [9.17, 15) is 0 Å². The van der Waals surface area contributed by atoms with Gasteiger partial charge in [-0.25, -0.2) is 10.5 Å². The molecule has 0 spiro atoms. The molecule has 2 aromatic rings. The first-order valence-corrected chi connectivity index (χ1v) is 5.95. The lowest BCUT2D eigenvalue weighted by molar-refractivity contribution is 0.157. The molecular formula is C11H11N3O2S. The number of benzene rings is 1. The minimum absolute atomic E-state index is 0.460. The first-order chi connectivity index (χ1) is 8.33. The Morgan fingerprint density at radius 1 is 1.53 bits per heavy atom. The molecule has 0 amide bonds. The molecular weight excluding hydrogens is 238 g/mol. The zero-order valence-corrected chi connectivity index (χ0v) is 9.83. The van der Waals surface area contributed by atoms with Crippen molar-refractivity contribution >= 4 is 21.6 Å². The van der Waals surface area contributed by atoms with Crippen LogP contribution in [0.2, 0.25) is 0 Å². The van der Waals surface area contributed by atoms with Crippen LogP contribution in [0.15, 0.2) is 18.2 Å². The Hall–Kier alpha value is -1.68. The summed E-state index contributed by atoms with van der Waals surface area (Å²) in [5.74, 6) is 0.753. The Kier molecular flexibility index (Phi) is 3.88. The number of nitrogens with one attached hydrogen (secondary N) is 1. The second-order valence-electron chi connectivity index (χ2n) is 3.37. The number of thiazole rings is 1. The van der Waals surface area contributed by atoms with E-state index in [0.29, 0.717) is 18.2 Å². The average Bonchev–Trinajstić information content (AvgIpc) is 2.77. The van der Waals surface area contributed by atoms with Crippen molar-refractivity contribution in [2.75, 3.05) is 13.2 Å². The third-order valence-corrected chi connectivity index (χ3v) is 3.08. The summed E-state index contributed by atoms with van der Waals surface area (Å²) in [7, 11) is 0. The van der Waals surface area contributed by atoms with E-state index in [-0.39, 0.29) is 0 Å². The van der Waals surface area contributed by atoms with Gasteiger partial charge in [0.1, 0.15) is 11.8 Å². The van der Waals surface area contributed by atoms with Gasteiger partial charge in [0.25, 0.3) is 0 Å². The van der Waals surface area contributed by atoms with E-state index in [1.54, 1.807) is 0 Å². The molecule has 17 heavy (non-hydrogen) atoms. The number of nitrogens with zero attached hydrogens (tertiary/aromatic N) is 2. The van der Waals surface area contributed by atoms with Crippen molar-refractivity contribution in [2.24, 2.45) is 0 Å². The second-order valence-corrected chi connectivity index (χ2v) is 4.40. The molecule has 88 valence electrons. The quantitative estimate of drug-likeness (QED) is 0.625. The van der Waals surface area contributed by atoms with Gasteiger partial charge in [0.05, 0.1) is 16.8 Å². The van der Waals surface area contributed by atoms with Crippen LogP contribution >= 0.6 is 11.3 Å². The molecule has 6 heteroatoms. The zero-order valence-electron chi connectivity index (χ0n) is 9.01. The number of hydrogen-bond donors (Lipinski definition) is 2. The number of nitriles is 1. The number of hydrogen-bond acceptors (Lipinski definition) is 6. The standard InChI is InChI=1S/C11H11N3O2S/c12-7-11-14-9-3-2-8(6-10(9)17-11)16-5-1-4-13-15/h2-3,6,13,15H,1,4-5H2. The Morgan fingerprint density at radius 3 is 3.18 bits per heavy atom. The smallest absolute Gasteiger partial charge is 0.195 e. The van der Waals surface area contributed by atoms with Gasteiger partial charge >= 0.3 is 0 Å². The van der Waals surface area contributed by atoms with Gasteiger partial charge in [0.2, 0.25) is 0 Å². The molecule has 2 N–H and O–H groups in total. The Balaban J connectivity index is 2.06. The molecule has 0 fully saturated rings.